The van der Waals surface area contributed by atoms with Crippen LogP contribution in [0.25, 0.3) is 0 Å². The number of rotatable bonds is 5. The Morgan fingerprint density at radius 2 is 2.12 bits per heavy atom. The minimum absolute atomic E-state index is 0.348. The maximum Gasteiger partial charge on any atom is 0.0702 e. The van der Waals surface area contributed by atoms with Gasteiger partial charge < -0.3 is 9.64 Å². The van der Waals surface area contributed by atoms with E-state index in [1.165, 1.54) is 19.4 Å². The summed E-state index contributed by atoms with van der Waals surface area (Å²) in [6.45, 7) is 13.4. The second kappa shape index (κ2) is 7.01. The zero-order valence-corrected chi connectivity index (χ0v) is 12.8. The van der Waals surface area contributed by atoms with E-state index in [0.717, 1.165) is 25.4 Å². The summed E-state index contributed by atoms with van der Waals surface area (Å²) in [6, 6.07) is 0. The van der Waals surface area contributed by atoms with Gasteiger partial charge in [-0.15, -0.1) is 0 Å². The lowest BCUT2D eigenvalue weighted by atomic mass is 9.81. The van der Waals surface area contributed by atoms with Crippen molar-refractivity contribution in [1.82, 2.24) is 4.90 Å². The van der Waals surface area contributed by atoms with Crippen LogP contribution in [0.3, 0.4) is 0 Å². The number of nitrogens with zero attached hydrogens (tertiary/aromatic N) is 1. The predicted octanol–water partition coefficient (Wildman–Crippen LogP) is 3.08. The second-order valence-electron chi connectivity index (χ2n) is 6.22. The first-order valence-corrected chi connectivity index (χ1v) is 7.55. The number of piperidine rings is 1. The second-order valence-corrected chi connectivity index (χ2v) is 6.59. The van der Waals surface area contributed by atoms with E-state index in [4.69, 9.17) is 4.74 Å². The molecule has 1 heterocycles. The van der Waals surface area contributed by atoms with E-state index in [0.29, 0.717) is 17.4 Å². The Morgan fingerprint density at radius 1 is 1.41 bits per heavy atom. The first kappa shape index (κ1) is 15.3. The molecule has 1 aliphatic heterocycles. The van der Waals surface area contributed by atoms with Gasteiger partial charge in [0.1, 0.15) is 0 Å². The van der Waals surface area contributed by atoms with Crippen molar-refractivity contribution in [1.29, 1.82) is 0 Å². The highest BCUT2D eigenvalue weighted by Crippen LogP contribution is 2.28. The summed E-state index contributed by atoms with van der Waals surface area (Å²) in [7, 11) is 0. The maximum atomic E-state index is 5.75. The molecule has 0 aliphatic carbocycles. The van der Waals surface area contributed by atoms with E-state index in [-0.39, 0.29) is 0 Å². The van der Waals surface area contributed by atoms with E-state index in [9.17, 15) is 0 Å². The van der Waals surface area contributed by atoms with E-state index < -0.39 is 0 Å². The number of likely N-dealkylation sites (tertiary alicyclic amines) is 1. The Hall–Kier alpha value is 0.270. The zero-order valence-electron chi connectivity index (χ0n) is 11.9. The van der Waals surface area contributed by atoms with Gasteiger partial charge in [-0.25, -0.2) is 0 Å². The third-order valence-electron chi connectivity index (χ3n) is 3.79. The fraction of sp³-hybridized carbons (Fsp3) is 1.00. The Kier molecular flexibility index (Phi) is 6.32. The van der Waals surface area contributed by atoms with Crippen molar-refractivity contribution in [2.75, 3.05) is 32.0 Å². The van der Waals surface area contributed by atoms with E-state index >= 15 is 0 Å². The van der Waals surface area contributed by atoms with Crippen LogP contribution in [0, 0.1) is 11.3 Å². The normalized spacial score (nSPS) is 24.9. The minimum atomic E-state index is 0.348. The highest BCUT2D eigenvalue weighted by Gasteiger charge is 2.28. The molecule has 17 heavy (non-hydrogen) atoms. The molecule has 1 saturated heterocycles. The van der Waals surface area contributed by atoms with Gasteiger partial charge in [-0.05, 0) is 43.4 Å². The summed E-state index contributed by atoms with van der Waals surface area (Å²) in [5.41, 5.74) is 0.348. The Morgan fingerprint density at radius 3 is 2.65 bits per heavy atom. The smallest absolute Gasteiger partial charge is 0.0702 e. The highest BCUT2D eigenvalue weighted by molar-refractivity contribution is 7.80. The maximum absolute atomic E-state index is 5.75. The molecule has 102 valence electrons. The van der Waals surface area contributed by atoms with Gasteiger partial charge in [0.2, 0.25) is 0 Å². The Bertz CT molecular complexity index is 213. The molecule has 0 amide bonds. The SMILES string of the molecule is CCOC1CCCN(CC(CS)C(C)(C)C)C1. The molecular weight excluding hydrogens is 230 g/mol. The summed E-state index contributed by atoms with van der Waals surface area (Å²) < 4.78 is 5.75. The molecule has 0 aromatic carbocycles. The fourth-order valence-electron chi connectivity index (χ4n) is 2.47. The van der Waals surface area contributed by atoms with Crippen LogP contribution < -0.4 is 0 Å². The molecule has 2 unspecified atom stereocenters. The van der Waals surface area contributed by atoms with Gasteiger partial charge in [-0.2, -0.15) is 12.6 Å². The quantitative estimate of drug-likeness (QED) is 0.762. The highest BCUT2D eigenvalue weighted by atomic mass is 32.1. The number of thiol groups is 1. The van der Waals surface area contributed by atoms with Crippen molar-refractivity contribution in [3.63, 3.8) is 0 Å². The van der Waals surface area contributed by atoms with E-state index in [1.807, 2.05) is 0 Å². The Labute approximate surface area is 113 Å². The zero-order chi connectivity index (χ0) is 12.9. The van der Waals surface area contributed by atoms with Gasteiger partial charge in [0, 0.05) is 19.7 Å². The van der Waals surface area contributed by atoms with Crippen molar-refractivity contribution in [3.05, 3.63) is 0 Å². The van der Waals surface area contributed by atoms with Crippen molar-refractivity contribution in [2.24, 2.45) is 11.3 Å². The minimum Gasteiger partial charge on any atom is -0.377 e. The summed E-state index contributed by atoms with van der Waals surface area (Å²) in [5.74, 6) is 1.63. The first-order chi connectivity index (χ1) is 7.97. The van der Waals surface area contributed by atoms with Crippen molar-refractivity contribution < 1.29 is 4.74 Å². The van der Waals surface area contributed by atoms with Crippen LogP contribution >= 0.6 is 12.6 Å². The predicted molar refractivity (Wildman–Crippen MR) is 77.9 cm³/mol. The van der Waals surface area contributed by atoms with Gasteiger partial charge in [0.25, 0.3) is 0 Å². The van der Waals surface area contributed by atoms with Crippen molar-refractivity contribution in [3.8, 4) is 0 Å². The van der Waals surface area contributed by atoms with Crippen LogP contribution in [0.1, 0.15) is 40.5 Å². The standard InChI is InChI=1S/C14H29NOS/c1-5-16-13-7-6-8-15(10-13)9-12(11-17)14(2,3)4/h12-13,17H,5-11H2,1-4H3. The summed E-state index contributed by atoms with van der Waals surface area (Å²) in [5, 5.41) is 0. The molecule has 1 rings (SSSR count). The summed E-state index contributed by atoms with van der Waals surface area (Å²) >= 11 is 4.51. The van der Waals surface area contributed by atoms with Gasteiger partial charge >= 0.3 is 0 Å². The summed E-state index contributed by atoms with van der Waals surface area (Å²) in [6.07, 6.45) is 2.95. The molecule has 3 heteroatoms. The molecule has 2 atom stereocenters. The molecule has 1 fully saturated rings. The van der Waals surface area contributed by atoms with Crippen LogP contribution in [0.15, 0.2) is 0 Å². The lowest BCUT2D eigenvalue weighted by molar-refractivity contribution is -0.00218. The molecule has 0 aromatic heterocycles. The van der Waals surface area contributed by atoms with Crippen LogP contribution in [0.5, 0.6) is 0 Å². The van der Waals surface area contributed by atoms with Crippen LogP contribution in [0.2, 0.25) is 0 Å². The topological polar surface area (TPSA) is 12.5 Å². The molecule has 0 saturated carbocycles. The molecular formula is C14H29NOS. The number of hydrogen-bond acceptors (Lipinski definition) is 3. The van der Waals surface area contributed by atoms with Crippen molar-refractivity contribution >= 4 is 12.6 Å². The van der Waals surface area contributed by atoms with E-state index in [1.54, 1.807) is 0 Å². The van der Waals surface area contributed by atoms with Crippen LogP contribution in [-0.4, -0.2) is 43.0 Å². The largest absolute Gasteiger partial charge is 0.377 e. The third kappa shape index (κ3) is 5.19. The Balaban J connectivity index is 2.44. The average Bonchev–Trinajstić information content (AvgIpc) is 2.25. The molecule has 0 aromatic rings. The number of hydrogen-bond donors (Lipinski definition) is 1. The lowest BCUT2D eigenvalue weighted by Gasteiger charge is -2.38. The molecule has 0 spiro atoms. The molecule has 2 nitrogen and oxygen atoms in total. The van der Waals surface area contributed by atoms with Crippen LogP contribution in [-0.2, 0) is 4.74 Å². The van der Waals surface area contributed by atoms with Gasteiger partial charge in [0.05, 0.1) is 6.10 Å². The molecule has 0 radical (unpaired) electrons. The third-order valence-corrected chi connectivity index (χ3v) is 4.23. The fourth-order valence-corrected chi connectivity index (χ4v) is 3.13. The van der Waals surface area contributed by atoms with Crippen LogP contribution in [0.4, 0.5) is 0 Å². The lowest BCUT2D eigenvalue weighted by Crippen LogP contribution is -2.44. The van der Waals surface area contributed by atoms with Gasteiger partial charge in [-0.1, -0.05) is 20.8 Å². The average molecular weight is 259 g/mol. The number of ether oxygens (including phenoxy) is 1. The molecule has 0 bridgehead atoms. The van der Waals surface area contributed by atoms with Gasteiger partial charge in [0.15, 0.2) is 0 Å². The monoisotopic (exact) mass is 259 g/mol. The van der Waals surface area contributed by atoms with E-state index in [2.05, 4.69) is 45.2 Å². The van der Waals surface area contributed by atoms with Gasteiger partial charge in [-0.3, -0.25) is 0 Å². The molecule has 1 aliphatic rings. The molecule has 0 N–H and O–H groups in total. The summed E-state index contributed by atoms with van der Waals surface area (Å²) in [4.78, 5) is 2.57. The first-order valence-electron chi connectivity index (χ1n) is 6.92. The van der Waals surface area contributed by atoms with Crippen molar-refractivity contribution in [2.45, 2.75) is 46.6 Å².